The highest BCUT2D eigenvalue weighted by Crippen LogP contribution is 2.33. The van der Waals surface area contributed by atoms with Gasteiger partial charge in [0.1, 0.15) is 11.8 Å². The monoisotopic (exact) mass is 489 g/mol. The molecule has 1 N–H and O–H groups in total. The number of hydrogen-bond acceptors (Lipinski definition) is 6. The number of carbonyl (C=O) groups excluding carboxylic acids is 1. The molecule has 1 heterocycles. The number of methoxy groups -OCH3 is 1. The van der Waals surface area contributed by atoms with Gasteiger partial charge in [0.2, 0.25) is 10.0 Å². The van der Waals surface area contributed by atoms with Gasteiger partial charge in [-0.25, -0.2) is 13.9 Å². The van der Waals surface area contributed by atoms with Crippen molar-refractivity contribution < 1.29 is 22.8 Å². The third-order valence-electron chi connectivity index (χ3n) is 5.89. The van der Waals surface area contributed by atoms with Gasteiger partial charge < -0.3 is 4.74 Å². The summed E-state index contributed by atoms with van der Waals surface area (Å²) in [5.41, 5.74) is 2.68. The zero-order chi connectivity index (χ0) is 24.8. The highest BCUT2D eigenvalue weighted by atomic mass is 32.2. The predicted molar refractivity (Wildman–Crippen MR) is 129 cm³/mol. The molecule has 0 radical (unpaired) electrons. The highest BCUT2D eigenvalue weighted by molar-refractivity contribution is 7.89. The quantitative estimate of drug-likeness (QED) is 0.533. The summed E-state index contributed by atoms with van der Waals surface area (Å²) in [4.78, 5) is 23.2. The second kappa shape index (κ2) is 11.3. The van der Waals surface area contributed by atoms with Crippen molar-refractivity contribution in [3.63, 3.8) is 0 Å². The molecule has 34 heavy (non-hydrogen) atoms. The number of nitrogens with zero attached hydrogens (tertiary/aromatic N) is 2. The number of amides is 1. The van der Waals surface area contributed by atoms with Gasteiger partial charge in [-0.05, 0) is 81.5 Å². The molecule has 1 aromatic carbocycles. The van der Waals surface area contributed by atoms with Crippen LogP contribution in [-0.2, 0) is 26.2 Å². The zero-order valence-electron chi connectivity index (χ0n) is 20.4. The van der Waals surface area contributed by atoms with Crippen molar-refractivity contribution in [2.45, 2.75) is 76.0 Å². The Bertz CT molecular complexity index is 1030. The fraction of sp³-hybridized carbons (Fsp3) is 0.520. The molecule has 9 heteroatoms. The summed E-state index contributed by atoms with van der Waals surface area (Å²) in [7, 11) is -2.50. The molecule has 2 aromatic rings. The first kappa shape index (κ1) is 26.1. The molecule has 1 atom stereocenters. The van der Waals surface area contributed by atoms with Crippen molar-refractivity contribution in [3.8, 4) is 5.75 Å². The molecule has 1 amide bonds. The van der Waals surface area contributed by atoms with E-state index in [9.17, 15) is 13.2 Å². The minimum Gasteiger partial charge on any atom is -0.497 e. The van der Waals surface area contributed by atoms with Crippen LogP contribution in [0.3, 0.4) is 0 Å². The molecular weight excluding hydrogens is 454 g/mol. The molecular formula is C25H35N3O5S. The van der Waals surface area contributed by atoms with E-state index in [0.29, 0.717) is 5.75 Å². The van der Waals surface area contributed by atoms with E-state index in [1.54, 1.807) is 36.7 Å². The van der Waals surface area contributed by atoms with Crippen LogP contribution in [0, 0.1) is 5.92 Å². The maximum Gasteiger partial charge on any atom is 0.262 e. The number of rotatable bonds is 9. The molecule has 3 rings (SSSR count). The molecule has 0 aliphatic heterocycles. The standard InChI is InChI=1S/C25H35N3O5S/c1-25(2,3)33-27-24(29)23(20-8-6-5-7-9-20)28(18-19-14-16-26-17-15-19)34(30,31)22-12-10-21(32-4)11-13-22/h10-17,20,23H,5-9,18H2,1-4H3,(H,27,29)/t23-/m1/s1. The predicted octanol–water partition coefficient (Wildman–Crippen LogP) is 4.08. The Morgan fingerprint density at radius 3 is 2.26 bits per heavy atom. The Kier molecular flexibility index (Phi) is 8.67. The number of sulfonamides is 1. The second-order valence-electron chi connectivity index (χ2n) is 9.60. The molecule has 1 aliphatic carbocycles. The van der Waals surface area contributed by atoms with E-state index in [2.05, 4.69) is 10.5 Å². The molecule has 0 spiro atoms. The van der Waals surface area contributed by atoms with Crippen molar-refractivity contribution in [1.82, 2.24) is 14.8 Å². The average Bonchev–Trinajstić information content (AvgIpc) is 2.83. The van der Waals surface area contributed by atoms with Crippen molar-refractivity contribution >= 4 is 15.9 Å². The Morgan fingerprint density at radius 1 is 1.09 bits per heavy atom. The van der Waals surface area contributed by atoms with Gasteiger partial charge >= 0.3 is 0 Å². The summed E-state index contributed by atoms with van der Waals surface area (Å²) in [6.45, 7) is 5.52. The number of nitrogens with one attached hydrogen (secondary N) is 1. The number of benzene rings is 1. The summed E-state index contributed by atoms with van der Waals surface area (Å²) in [6.07, 6.45) is 7.79. The average molecular weight is 490 g/mol. The summed E-state index contributed by atoms with van der Waals surface area (Å²) in [6, 6.07) is 8.84. The molecule has 0 bridgehead atoms. The largest absolute Gasteiger partial charge is 0.497 e. The van der Waals surface area contributed by atoms with E-state index >= 15 is 0 Å². The lowest BCUT2D eigenvalue weighted by Gasteiger charge is -2.37. The third kappa shape index (κ3) is 6.77. The zero-order valence-corrected chi connectivity index (χ0v) is 21.2. The van der Waals surface area contributed by atoms with E-state index in [-0.39, 0.29) is 17.4 Å². The SMILES string of the molecule is COc1ccc(S(=O)(=O)N(Cc2ccncc2)[C@@H](C(=O)NOC(C)(C)C)C2CCCCC2)cc1. The lowest BCUT2D eigenvalue weighted by atomic mass is 9.83. The molecule has 1 aliphatic rings. The lowest BCUT2D eigenvalue weighted by molar-refractivity contribution is -0.151. The Balaban J connectivity index is 2.05. The van der Waals surface area contributed by atoms with E-state index in [4.69, 9.17) is 9.57 Å². The van der Waals surface area contributed by atoms with Crippen LogP contribution < -0.4 is 10.2 Å². The minimum atomic E-state index is -4.03. The van der Waals surface area contributed by atoms with E-state index in [1.165, 1.54) is 23.5 Å². The molecule has 1 aromatic heterocycles. The fourth-order valence-corrected chi connectivity index (χ4v) is 5.81. The first-order chi connectivity index (χ1) is 16.1. The van der Waals surface area contributed by atoms with Gasteiger partial charge in [0.25, 0.3) is 5.91 Å². The molecule has 1 saturated carbocycles. The number of pyridine rings is 1. The van der Waals surface area contributed by atoms with Gasteiger partial charge in [-0.3, -0.25) is 14.6 Å². The van der Waals surface area contributed by atoms with E-state index in [1.807, 2.05) is 20.8 Å². The fourth-order valence-electron chi connectivity index (χ4n) is 4.18. The molecule has 1 fully saturated rings. The first-order valence-electron chi connectivity index (χ1n) is 11.6. The normalized spacial score (nSPS) is 16.3. The van der Waals surface area contributed by atoms with Crippen molar-refractivity contribution in [3.05, 3.63) is 54.4 Å². The maximum atomic E-state index is 14.0. The molecule has 8 nitrogen and oxygen atoms in total. The Hall–Kier alpha value is -2.49. The van der Waals surface area contributed by atoms with Crippen LogP contribution in [0.1, 0.15) is 58.4 Å². The Labute approximate surface area is 202 Å². The van der Waals surface area contributed by atoms with Crippen LogP contribution in [0.4, 0.5) is 0 Å². The topological polar surface area (TPSA) is 97.8 Å². The summed E-state index contributed by atoms with van der Waals surface area (Å²) in [5.74, 6) is -0.0140. The van der Waals surface area contributed by atoms with Crippen LogP contribution in [0.2, 0.25) is 0 Å². The summed E-state index contributed by atoms with van der Waals surface area (Å²) in [5, 5.41) is 0. The van der Waals surface area contributed by atoms with E-state index in [0.717, 1.165) is 37.7 Å². The number of carbonyl (C=O) groups is 1. The molecule has 0 unspecified atom stereocenters. The smallest absolute Gasteiger partial charge is 0.262 e. The van der Waals surface area contributed by atoms with Crippen molar-refractivity contribution in [2.75, 3.05) is 7.11 Å². The second-order valence-corrected chi connectivity index (χ2v) is 11.5. The van der Waals surface area contributed by atoms with Gasteiger partial charge in [0, 0.05) is 18.9 Å². The Morgan fingerprint density at radius 2 is 1.71 bits per heavy atom. The maximum absolute atomic E-state index is 14.0. The summed E-state index contributed by atoms with van der Waals surface area (Å²) < 4.78 is 34.5. The highest BCUT2D eigenvalue weighted by Gasteiger charge is 2.41. The van der Waals surface area contributed by atoms with Gasteiger partial charge in [-0.15, -0.1) is 0 Å². The third-order valence-corrected chi connectivity index (χ3v) is 7.73. The molecule has 186 valence electrons. The van der Waals surface area contributed by atoms with E-state index < -0.39 is 27.6 Å². The number of aromatic nitrogens is 1. The van der Waals surface area contributed by atoms with Crippen LogP contribution >= 0.6 is 0 Å². The van der Waals surface area contributed by atoms with Gasteiger partial charge in [-0.1, -0.05) is 19.3 Å². The number of hydrogen-bond donors (Lipinski definition) is 1. The summed E-state index contributed by atoms with van der Waals surface area (Å²) >= 11 is 0. The van der Waals surface area contributed by atoms with Crippen LogP contribution in [-0.4, -0.2) is 42.4 Å². The number of ether oxygens (including phenoxy) is 1. The number of hydroxylamine groups is 1. The minimum absolute atomic E-state index is 0.0426. The van der Waals surface area contributed by atoms with Gasteiger partial charge in [-0.2, -0.15) is 4.31 Å². The first-order valence-corrected chi connectivity index (χ1v) is 13.1. The van der Waals surface area contributed by atoms with Crippen molar-refractivity contribution in [2.24, 2.45) is 5.92 Å². The van der Waals surface area contributed by atoms with Gasteiger partial charge in [0.05, 0.1) is 17.6 Å². The van der Waals surface area contributed by atoms with Crippen molar-refractivity contribution in [1.29, 1.82) is 0 Å². The van der Waals surface area contributed by atoms with Crippen LogP contribution in [0.25, 0.3) is 0 Å². The molecule has 0 saturated heterocycles. The van der Waals surface area contributed by atoms with Crippen LogP contribution in [0.15, 0.2) is 53.7 Å². The van der Waals surface area contributed by atoms with Crippen LogP contribution in [0.5, 0.6) is 5.75 Å². The van der Waals surface area contributed by atoms with Gasteiger partial charge in [0.15, 0.2) is 0 Å². The lowest BCUT2D eigenvalue weighted by Crippen LogP contribution is -2.54.